The number of halogens is 1. The molecule has 0 unspecified atom stereocenters. The number of nitrogens with zero attached hydrogens (tertiary/aromatic N) is 2. The second-order valence-electron chi connectivity index (χ2n) is 5.13. The fourth-order valence-electron chi connectivity index (χ4n) is 2.19. The molecule has 1 fully saturated rings. The minimum Gasteiger partial charge on any atom is -0.351 e. The summed E-state index contributed by atoms with van der Waals surface area (Å²) in [6, 6.07) is 8.16. The van der Waals surface area contributed by atoms with Gasteiger partial charge in [-0.3, -0.25) is 4.79 Å². The van der Waals surface area contributed by atoms with Crippen molar-refractivity contribution in [2.75, 3.05) is 0 Å². The van der Waals surface area contributed by atoms with Crippen LogP contribution in [0, 0.1) is 12.7 Å². The first-order valence-electron chi connectivity index (χ1n) is 6.62. The maximum absolute atomic E-state index is 13.2. The van der Waals surface area contributed by atoms with E-state index in [1.807, 2.05) is 6.07 Å². The average molecular weight is 274 g/mol. The highest BCUT2D eigenvalue weighted by Gasteiger charge is 2.34. The Morgan fingerprint density at radius 3 is 2.85 bits per heavy atom. The second-order valence-corrected chi connectivity index (χ2v) is 5.13. The summed E-state index contributed by atoms with van der Waals surface area (Å²) in [5.74, 6) is -0.232. The lowest BCUT2D eigenvalue weighted by molar-refractivity contribution is 0.0687. The van der Waals surface area contributed by atoms with Crippen molar-refractivity contribution in [3.8, 4) is 0 Å². The van der Waals surface area contributed by atoms with Gasteiger partial charge in [-0.1, -0.05) is 17.3 Å². The van der Waals surface area contributed by atoms with E-state index >= 15 is 0 Å². The van der Waals surface area contributed by atoms with E-state index < -0.39 is 0 Å². The molecule has 1 aromatic heterocycles. The van der Waals surface area contributed by atoms with Gasteiger partial charge in [-0.05, 0) is 37.5 Å². The molecule has 1 aliphatic rings. The zero-order valence-corrected chi connectivity index (χ0v) is 11.2. The lowest BCUT2D eigenvalue weighted by atomic mass is 10.2. The van der Waals surface area contributed by atoms with Crippen molar-refractivity contribution in [2.24, 2.45) is 0 Å². The molecule has 20 heavy (non-hydrogen) atoms. The van der Waals surface area contributed by atoms with Crippen molar-refractivity contribution in [3.63, 3.8) is 0 Å². The third kappa shape index (κ3) is 2.71. The summed E-state index contributed by atoms with van der Waals surface area (Å²) < 4.78 is 18.3. The van der Waals surface area contributed by atoms with E-state index in [1.165, 1.54) is 12.1 Å². The van der Waals surface area contributed by atoms with Gasteiger partial charge in [0.05, 0.1) is 5.69 Å². The zero-order valence-electron chi connectivity index (χ0n) is 11.2. The van der Waals surface area contributed by atoms with Crippen molar-refractivity contribution < 1.29 is 13.7 Å². The average Bonchev–Trinajstić information content (AvgIpc) is 3.17. The molecule has 5 heteroatoms. The third-order valence-corrected chi connectivity index (χ3v) is 3.33. The van der Waals surface area contributed by atoms with Crippen LogP contribution in [0.25, 0.3) is 0 Å². The van der Waals surface area contributed by atoms with E-state index in [0.29, 0.717) is 12.2 Å². The Kier molecular flexibility index (Phi) is 3.26. The third-order valence-electron chi connectivity index (χ3n) is 3.33. The predicted molar refractivity (Wildman–Crippen MR) is 70.5 cm³/mol. The predicted octanol–water partition coefficient (Wildman–Crippen LogP) is 2.93. The van der Waals surface area contributed by atoms with Gasteiger partial charge in [0.25, 0.3) is 5.91 Å². The first-order valence-corrected chi connectivity index (χ1v) is 6.62. The first kappa shape index (κ1) is 12.8. The molecule has 1 amide bonds. The van der Waals surface area contributed by atoms with Crippen molar-refractivity contribution in [1.82, 2.24) is 10.1 Å². The number of aromatic nitrogens is 1. The molecule has 3 rings (SSSR count). The van der Waals surface area contributed by atoms with Crippen molar-refractivity contribution in [3.05, 3.63) is 53.2 Å². The number of hydrogen-bond acceptors (Lipinski definition) is 3. The van der Waals surface area contributed by atoms with Crippen LogP contribution in [0.4, 0.5) is 4.39 Å². The van der Waals surface area contributed by atoms with Gasteiger partial charge in [0, 0.05) is 18.7 Å². The second kappa shape index (κ2) is 5.07. The molecule has 0 radical (unpaired) electrons. The Morgan fingerprint density at radius 1 is 1.45 bits per heavy atom. The quantitative estimate of drug-likeness (QED) is 0.861. The number of benzene rings is 1. The summed E-state index contributed by atoms with van der Waals surface area (Å²) >= 11 is 0. The minimum absolute atomic E-state index is 0.183. The van der Waals surface area contributed by atoms with Crippen LogP contribution in [-0.4, -0.2) is 22.0 Å². The molecule has 0 aliphatic heterocycles. The molecule has 1 aliphatic carbocycles. The summed E-state index contributed by atoms with van der Waals surface area (Å²) in [5, 5.41) is 3.74. The van der Waals surface area contributed by atoms with Gasteiger partial charge in [-0.2, -0.15) is 0 Å². The number of carbonyl (C=O) groups is 1. The molecule has 1 aromatic carbocycles. The fourth-order valence-corrected chi connectivity index (χ4v) is 2.19. The van der Waals surface area contributed by atoms with E-state index in [1.54, 1.807) is 24.0 Å². The maximum Gasteiger partial charge on any atom is 0.293 e. The van der Waals surface area contributed by atoms with Crippen LogP contribution in [0.2, 0.25) is 0 Å². The molecule has 2 aromatic rings. The molecule has 0 bridgehead atoms. The van der Waals surface area contributed by atoms with Gasteiger partial charge < -0.3 is 9.42 Å². The summed E-state index contributed by atoms with van der Waals surface area (Å²) in [5.41, 5.74) is 1.45. The molecule has 0 atom stereocenters. The highest BCUT2D eigenvalue weighted by Crippen LogP contribution is 2.30. The smallest absolute Gasteiger partial charge is 0.293 e. The van der Waals surface area contributed by atoms with Crippen LogP contribution in [0.3, 0.4) is 0 Å². The zero-order chi connectivity index (χ0) is 14.1. The van der Waals surface area contributed by atoms with Crippen molar-refractivity contribution in [2.45, 2.75) is 32.4 Å². The molecular formula is C15H15FN2O2. The summed E-state index contributed by atoms with van der Waals surface area (Å²) in [7, 11) is 0. The lowest BCUT2D eigenvalue weighted by Crippen LogP contribution is -2.32. The number of hydrogen-bond donors (Lipinski definition) is 0. The Labute approximate surface area is 116 Å². The normalized spacial score (nSPS) is 14.3. The minimum atomic E-state index is -0.291. The largest absolute Gasteiger partial charge is 0.351 e. The van der Waals surface area contributed by atoms with Gasteiger partial charge in [0.2, 0.25) is 5.76 Å². The van der Waals surface area contributed by atoms with Gasteiger partial charge in [0.1, 0.15) is 5.82 Å². The molecule has 0 spiro atoms. The molecule has 1 saturated carbocycles. The first-order chi connectivity index (χ1) is 9.63. The molecule has 0 saturated heterocycles. The molecule has 4 nitrogen and oxygen atoms in total. The monoisotopic (exact) mass is 274 g/mol. The van der Waals surface area contributed by atoms with E-state index in [9.17, 15) is 9.18 Å². The fraction of sp³-hybridized carbons (Fsp3) is 0.333. The Balaban J connectivity index is 1.81. The number of rotatable bonds is 4. The van der Waals surface area contributed by atoms with Crippen LogP contribution < -0.4 is 0 Å². The van der Waals surface area contributed by atoms with E-state index in [-0.39, 0.29) is 23.5 Å². The van der Waals surface area contributed by atoms with Crippen LogP contribution >= 0.6 is 0 Å². The number of carbonyl (C=O) groups excluding carboxylic acids is 1. The Hall–Kier alpha value is -2.17. The molecule has 104 valence electrons. The maximum atomic E-state index is 13.2. The van der Waals surface area contributed by atoms with Gasteiger partial charge in [-0.25, -0.2) is 4.39 Å². The van der Waals surface area contributed by atoms with Crippen LogP contribution in [0.5, 0.6) is 0 Å². The topological polar surface area (TPSA) is 46.3 Å². The number of aryl methyl sites for hydroxylation is 1. The molecular weight excluding hydrogens is 259 g/mol. The van der Waals surface area contributed by atoms with Crippen LogP contribution in [0.15, 0.2) is 34.9 Å². The van der Waals surface area contributed by atoms with Crippen LogP contribution in [0.1, 0.15) is 34.7 Å². The van der Waals surface area contributed by atoms with Gasteiger partial charge >= 0.3 is 0 Å². The van der Waals surface area contributed by atoms with E-state index in [2.05, 4.69) is 5.16 Å². The molecule has 0 N–H and O–H groups in total. The van der Waals surface area contributed by atoms with Crippen LogP contribution in [-0.2, 0) is 6.54 Å². The standard InChI is InChI=1S/C15H15FN2O2/c1-10-7-14(20-17-10)15(19)18(13-5-6-13)9-11-3-2-4-12(16)8-11/h2-4,7-8,13H,5-6,9H2,1H3. The lowest BCUT2D eigenvalue weighted by Gasteiger charge is -2.21. The van der Waals surface area contributed by atoms with Gasteiger partial charge in [0.15, 0.2) is 0 Å². The van der Waals surface area contributed by atoms with E-state index in [4.69, 9.17) is 4.52 Å². The summed E-state index contributed by atoms with van der Waals surface area (Å²) in [6.45, 7) is 2.16. The summed E-state index contributed by atoms with van der Waals surface area (Å²) in [6.07, 6.45) is 1.96. The van der Waals surface area contributed by atoms with E-state index in [0.717, 1.165) is 18.4 Å². The van der Waals surface area contributed by atoms with Crippen molar-refractivity contribution in [1.29, 1.82) is 0 Å². The molecule has 1 heterocycles. The van der Waals surface area contributed by atoms with Crippen molar-refractivity contribution >= 4 is 5.91 Å². The SMILES string of the molecule is Cc1cc(C(=O)N(Cc2cccc(F)c2)C2CC2)on1. The Bertz CT molecular complexity index is 634. The number of amides is 1. The highest BCUT2D eigenvalue weighted by atomic mass is 19.1. The summed E-state index contributed by atoms with van der Waals surface area (Å²) in [4.78, 5) is 14.2. The van der Waals surface area contributed by atoms with Gasteiger partial charge in [-0.15, -0.1) is 0 Å². The highest BCUT2D eigenvalue weighted by molar-refractivity contribution is 5.91. The Morgan fingerprint density at radius 2 is 2.25 bits per heavy atom.